The monoisotopic (exact) mass is 606 g/mol. The van der Waals surface area contributed by atoms with Gasteiger partial charge in [0, 0.05) is 19.6 Å². The second kappa shape index (κ2) is 12.7. The fourth-order valence-electron chi connectivity index (χ4n) is 5.03. The van der Waals surface area contributed by atoms with Crippen molar-refractivity contribution in [1.82, 2.24) is 15.1 Å². The zero-order valence-corrected chi connectivity index (χ0v) is 23.5. The molecule has 1 atom stereocenters. The highest BCUT2D eigenvalue weighted by Crippen LogP contribution is 2.38. The molecular weight excluding hydrogens is 574 g/mol. The van der Waals surface area contributed by atoms with Gasteiger partial charge in [0.2, 0.25) is 5.91 Å². The molecule has 0 unspecified atom stereocenters. The lowest BCUT2D eigenvalue weighted by Crippen LogP contribution is -2.47. The molecule has 3 saturated heterocycles. The van der Waals surface area contributed by atoms with Gasteiger partial charge in [-0.05, 0) is 67.2 Å². The third kappa shape index (κ3) is 8.04. The molecule has 0 radical (unpaired) electrons. The standard InChI is InChI=1S/C27H32F6N4O3S/c1-16(2)22(24(38)37-9-11-40-12-10-37)34-23-21(41-25(39)35-23)13-17-5-7-36(8-6-17)15-18-3-4-19(26(28,29)30)14-20(18)27(31,32)33/h3-4,13-14,16-17,22H,5-12,15H2,1-2H3,(H,34,35,39)/t22-/m0/s1. The van der Waals surface area contributed by atoms with Crippen molar-refractivity contribution in [3.05, 3.63) is 45.9 Å². The minimum atomic E-state index is -4.91. The number of hydrogen-bond acceptors (Lipinski definition) is 6. The second-order valence-corrected chi connectivity index (χ2v) is 11.6. The van der Waals surface area contributed by atoms with E-state index in [-0.39, 0.29) is 41.2 Å². The molecule has 3 aliphatic heterocycles. The molecule has 2 amide bonds. The topological polar surface area (TPSA) is 74.2 Å². The van der Waals surface area contributed by atoms with Crippen LogP contribution in [0.3, 0.4) is 0 Å². The van der Waals surface area contributed by atoms with Crippen LogP contribution in [0.5, 0.6) is 0 Å². The number of amides is 2. The van der Waals surface area contributed by atoms with Gasteiger partial charge in [-0.15, -0.1) is 0 Å². The van der Waals surface area contributed by atoms with E-state index in [0.29, 0.717) is 69.0 Å². The van der Waals surface area contributed by atoms with Gasteiger partial charge in [0.1, 0.15) is 11.9 Å². The molecule has 3 aliphatic rings. The maximum atomic E-state index is 13.6. The Morgan fingerprint density at radius 2 is 1.76 bits per heavy atom. The van der Waals surface area contributed by atoms with Gasteiger partial charge < -0.3 is 15.0 Å². The van der Waals surface area contributed by atoms with Crippen LogP contribution in [0.2, 0.25) is 0 Å². The maximum absolute atomic E-state index is 13.6. The lowest BCUT2D eigenvalue weighted by molar-refractivity contribution is -0.143. The summed E-state index contributed by atoms with van der Waals surface area (Å²) in [6, 6.07) is 1.07. The Labute approximate surface area is 238 Å². The van der Waals surface area contributed by atoms with Gasteiger partial charge in [-0.1, -0.05) is 26.0 Å². The summed E-state index contributed by atoms with van der Waals surface area (Å²) in [4.78, 5) is 34.1. The Morgan fingerprint density at radius 1 is 1.10 bits per heavy atom. The molecule has 0 aliphatic carbocycles. The SMILES string of the molecule is CC(C)[C@H](N=C1NC(=O)SC1=CC1CCN(Cc2ccc(C(F)(F)F)cc2C(F)(F)F)CC1)C(=O)N1CCOCC1. The number of alkyl halides is 6. The Hall–Kier alpha value is -2.58. The van der Waals surface area contributed by atoms with Crippen LogP contribution in [0.25, 0.3) is 0 Å². The lowest BCUT2D eigenvalue weighted by Gasteiger charge is -2.32. The van der Waals surface area contributed by atoms with E-state index in [2.05, 4.69) is 10.3 Å². The molecule has 0 aromatic heterocycles. The maximum Gasteiger partial charge on any atom is 0.416 e. The number of likely N-dealkylation sites (tertiary alicyclic amines) is 1. The minimum Gasteiger partial charge on any atom is -0.378 e. The van der Waals surface area contributed by atoms with E-state index in [4.69, 9.17) is 4.74 Å². The van der Waals surface area contributed by atoms with Gasteiger partial charge in [-0.25, -0.2) is 0 Å². The van der Waals surface area contributed by atoms with Crippen molar-refractivity contribution in [1.29, 1.82) is 0 Å². The summed E-state index contributed by atoms with van der Waals surface area (Å²) in [5, 5.41) is 2.42. The van der Waals surface area contributed by atoms with Crippen LogP contribution >= 0.6 is 11.8 Å². The summed E-state index contributed by atoms with van der Waals surface area (Å²) >= 11 is 0.985. The highest BCUT2D eigenvalue weighted by Gasteiger charge is 2.38. The molecular formula is C27H32F6N4O3S. The van der Waals surface area contributed by atoms with Crippen molar-refractivity contribution in [2.24, 2.45) is 16.8 Å². The Morgan fingerprint density at radius 3 is 2.34 bits per heavy atom. The number of rotatable bonds is 6. The molecule has 0 saturated carbocycles. The predicted molar refractivity (Wildman–Crippen MR) is 142 cm³/mol. The van der Waals surface area contributed by atoms with Crippen LogP contribution in [-0.4, -0.2) is 72.2 Å². The van der Waals surface area contributed by atoms with Crippen LogP contribution < -0.4 is 5.32 Å². The average Bonchev–Trinajstić information content (AvgIpc) is 3.25. The summed E-state index contributed by atoms with van der Waals surface area (Å²) < 4.78 is 85.0. The van der Waals surface area contributed by atoms with Gasteiger partial charge in [-0.3, -0.25) is 19.5 Å². The lowest BCUT2D eigenvalue weighted by atomic mass is 9.95. The molecule has 1 aromatic carbocycles. The third-order valence-corrected chi connectivity index (χ3v) is 8.12. The number of ether oxygens (including phenoxy) is 1. The van der Waals surface area contributed by atoms with Crippen molar-refractivity contribution in [2.75, 3.05) is 39.4 Å². The molecule has 41 heavy (non-hydrogen) atoms. The number of allylic oxidation sites excluding steroid dienone is 1. The van der Waals surface area contributed by atoms with Crippen LogP contribution in [0.1, 0.15) is 43.4 Å². The zero-order chi connectivity index (χ0) is 29.9. The Bertz CT molecular complexity index is 1190. The van der Waals surface area contributed by atoms with E-state index in [0.717, 1.165) is 17.8 Å². The normalized spacial score (nSPS) is 22.6. The van der Waals surface area contributed by atoms with Crippen LogP contribution in [-0.2, 0) is 28.4 Å². The molecule has 1 N–H and O–H groups in total. The third-order valence-electron chi connectivity index (χ3n) is 7.29. The number of benzene rings is 1. The second-order valence-electron chi connectivity index (χ2n) is 10.6. The smallest absolute Gasteiger partial charge is 0.378 e. The first-order chi connectivity index (χ1) is 19.2. The highest BCUT2D eigenvalue weighted by molar-refractivity contribution is 8.18. The number of aliphatic imine (C=N–C) groups is 1. The summed E-state index contributed by atoms with van der Waals surface area (Å²) in [6.07, 6.45) is -6.71. The average molecular weight is 607 g/mol. The first-order valence-corrected chi connectivity index (χ1v) is 14.2. The first kappa shape index (κ1) is 31.4. The number of halogens is 6. The summed E-state index contributed by atoms with van der Waals surface area (Å²) in [5.41, 5.74) is -2.82. The van der Waals surface area contributed by atoms with Crippen LogP contribution in [0, 0.1) is 11.8 Å². The molecule has 0 spiro atoms. The first-order valence-electron chi connectivity index (χ1n) is 13.4. The Balaban J connectivity index is 1.44. The number of amidine groups is 1. The summed E-state index contributed by atoms with van der Waals surface area (Å²) in [7, 11) is 0. The van der Waals surface area contributed by atoms with Crippen molar-refractivity contribution in [3.8, 4) is 0 Å². The number of thioether (sulfide) groups is 1. The molecule has 4 rings (SSSR count). The van der Waals surface area contributed by atoms with Gasteiger partial charge in [0.25, 0.3) is 5.24 Å². The van der Waals surface area contributed by atoms with Crippen LogP contribution in [0.15, 0.2) is 34.2 Å². The zero-order valence-electron chi connectivity index (χ0n) is 22.6. The molecule has 226 valence electrons. The van der Waals surface area contributed by atoms with E-state index in [1.807, 2.05) is 19.9 Å². The predicted octanol–water partition coefficient (Wildman–Crippen LogP) is 5.56. The van der Waals surface area contributed by atoms with E-state index < -0.39 is 29.5 Å². The number of carbonyl (C=O) groups excluding carboxylic acids is 2. The van der Waals surface area contributed by atoms with Gasteiger partial charge in [0.15, 0.2) is 0 Å². The van der Waals surface area contributed by atoms with Crippen LogP contribution in [0.4, 0.5) is 31.1 Å². The van der Waals surface area contributed by atoms with Crippen molar-refractivity contribution in [3.63, 3.8) is 0 Å². The van der Waals surface area contributed by atoms with E-state index in [1.54, 1.807) is 9.80 Å². The summed E-state index contributed by atoms with van der Waals surface area (Å²) in [6.45, 7) is 6.37. The molecule has 0 bridgehead atoms. The number of hydrogen-bond donors (Lipinski definition) is 1. The van der Waals surface area contributed by atoms with Crippen molar-refractivity contribution in [2.45, 2.75) is 51.6 Å². The van der Waals surface area contributed by atoms with Gasteiger partial charge in [-0.2, -0.15) is 26.3 Å². The van der Waals surface area contributed by atoms with Gasteiger partial charge >= 0.3 is 12.4 Å². The molecule has 7 nitrogen and oxygen atoms in total. The molecule has 14 heteroatoms. The number of piperidine rings is 1. The number of carbonyl (C=O) groups is 2. The highest BCUT2D eigenvalue weighted by atomic mass is 32.2. The number of nitrogens with one attached hydrogen (secondary N) is 1. The molecule has 3 heterocycles. The number of nitrogens with zero attached hydrogens (tertiary/aromatic N) is 3. The molecule has 3 fully saturated rings. The quantitative estimate of drug-likeness (QED) is 0.430. The van der Waals surface area contributed by atoms with E-state index in [9.17, 15) is 35.9 Å². The minimum absolute atomic E-state index is 0.00814. The fraction of sp³-hybridized carbons (Fsp3) is 0.593. The van der Waals surface area contributed by atoms with Gasteiger partial charge in [0.05, 0.1) is 29.2 Å². The Kier molecular flexibility index (Phi) is 9.74. The fourth-order valence-corrected chi connectivity index (χ4v) is 5.84. The van der Waals surface area contributed by atoms with E-state index >= 15 is 0 Å². The number of morpholine rings is 1. The summed E-state index contributed by atoms with van der Waals surface area (Å²) in [5.74, 6) is 0.101. The largest absolute Gasteiger partial charge is 0.416 e. The van der Waals surface area contributed by atoms with Crippen molar-refractivity contribution < 1.29 is 40.7 Å². The molecule has 1 aromatic rings. The van der Waals surface area contributed by atoms with E-state index in [1.165, 1.54) is 0 Å². The van der Waals surface area contributed by atoms with Crippen molar-refractivity contribution >= 4 is 28.7 Å².